The van der Waals surface area contributed by atoms with Crippen molar-refractivity contribution in [3.8, 4) is 0 Å². The number of halogens is 3. The zero-order valence-electron chi connectivity index (χ0n) is 6.34. The van der Waals surface area contributed by atoms with Gasteiger partial charge in [-0.2, -0.15) is 18.2 Å². The highest BCUT2D eigenvalue weighted by Crippen LogP contribution is 2.33. The first-order valence-electron chi connectivity index (χ1n) is 3.05. The molecule has 1 heterocycles. The highest BCUT2D eigenvalue weighted by Gasteiger charge is 2.63. The SMILES string of the molecule is COC1=NC(O)(C(F)(F)F)C(=O)N1. The molecule has 1 aliphatic rings. The molecule has 1 unspecified atom stereocenters. The second kappa shape index (κ2) is 2.59. The third-order valence-corrected chi connectivity index (χ3v) is 1.39. The molecule has 0 aromatic rings. The van der Waals surface area contributed by atoms with Crippen molar-refractivity contribution in [2.24, 2.45) is 4.99 Å². The molecule has 8 heteroatoms. The smallest absolute Gasteiger partial charge is 0.448 e. The van der Waals surface area contributed by atoms with Crippen molar-refractivity contribution < 1.29 is 27.8 Å². The fourth-order valence-electron chi connectivity index (χ4n) is 0.699. The summed E-state index contributed by atoms with van der Waals surface area (Å²) in [6.07, 6.45) is -5.16. The number of carbonyl (C=O) groups excluding carboxylic acids is 1. The van der Waals surface area contributed by atoms with E-state index in [-0.39, 0.29) is 0 Å². The lowest BCUT2D eigenvalue weighted by Crippen LogP contribution is -2.51. The number of methoxy groups -OCH3 is 1. The van der Waals surface area contributed by atoms with Gasteiger partial charge in [-0.1, -0.05) is 0 Å². The largest absolute Gasteiger partial charge is 0.468 e. The van der Waals surface area contributed by atoms with E-state index in [1.165, 1.54) is 0 Å². The second-order valence-corrected chi connectivity index (χ2v) is 2.25. The predicted molar refractivity (Wildman–Crippen MR) is 33.6 cm³/mol. The fraction of sp³-hybridized carbons (Fsp3) is 0.600. The molecule has 74 valence electrons. The zero-order chi connectivity index (χ0) is 10.3. The van der Waals surface area contributed by atoms with Crippen molar-refractivity contribution in [1.82, 2.24) is 5.32 Å². The predicted octanol–water partition coefficient (Wildman–Crippen LogP) is -0.631. The lowest BCUT2D eigenvalue weighted by molar-refractivity contribution is -0.245. The maximum absolute atomic E-state index is 12.0. The third kappa shape index (κ3) is 1.32. The highest BCUT2D eigenvalue weighted by molar-refractivity contribution is 6.04. The zero-order valence-corrected chi connectivity index (χ0v) is 6.34. The number of hydrogen-bond donors (Lipinski definition) is 2. The van der Waals surface area contributed by atoms with Crippen LogP contribution in [-0.4, -0.2) is 36.0 Å². The molecule has 0 aromatic heterocycles. The van der Waals surface area contributed by atoms with Crippen LogP contribution in [0.3, 0.4) is 0 Å². The molecule has 1 amide bonds. The van der Waals surface area contributed by atoms with Gasteiger partial charge in [-0.15, -0.1) is 0 Å². The summed E-state index contributed by atoms with van der Waals surface area (Å²) in [4.78, 5) is 13.3. The van der Waals surface area contributed by atoms with E-state index in [4.69, 9.17) is 5.11 Å². The van der Waals surface area contributed by atoms with Gasteiger partial charge in [-0.05, 0) is 0 Å². The molecular formula is C5H5F3N2O3. The number of amidine groups is 1. The maximum atomic E-state index is 12.0. The first kappa shape index (κ1) is 9.78. The summed E-state index contributed by atoms with van der Waals surface area (Å²) in [5.74, 6) is -1.67. The molecule has 0 radical (unpaired) electrons. The Hall–Kier alpha value is -1.31. The normalized spacial score (nSPS) is 28.4. The van der Waals surface area contributed by atoms with Gasteiger partial charge in [0.1, 0.15) is 0 Å². The lowest BCUT2D eigenvalue weighted by Gasteiger charge is -2.18. The molecule has 1 aliphatic heterocycles. The Bertz CT molecular complexity index is 275. The van der Waals surface area contributed by atoms with Crippen LogP contribution in [0.5, 0.6) is 0 Å². The molecule has 0 bridgehead atoms. The van der Waals surface area contributed by atoms with Crippen molar-refractivity contribution in [3.63, 3.8) is 0 Å². The summed E-state index contributed by atoms with van der Waals surface area (Å²) >= 11 is 0. The number of amides is 1. The van der Waals surface area contributed by atoms with Gasteiger partial charge in [0.25, 0.3) is 11.9 Å². The topological polar surface area (TPSA) is 70.9 Å². The van der Waals surface area contributed by atoms with E-state index < -0.39 is 23.8 Å². The van der Waals surface area contributed by atoms with Gasteiger partial charge < -0.3 is 9.84 Å². The number of ether oxygens (including phenoxy) is 1. The number of aliphatic imine (C=N–C) groups is 1. The average Bonchev–Trinajstić information content (AvgIpc) is 2.28. The molecule has 0 aliphatic carbocycles. The van der Waals surface area contributed by atoms with Crippen molar-refractivity contribution in [1.29, 1.82) is 0 Å². The maximum Gasteiger partial charge on any atom is 0.448 e. The molecule has 1 atom stereocenters. The summed E-state index contributed by atoms with van der Waals surface area (Å²) in [7, 11) is 1.02. The van der Waals surface area contributed by atoms with E-state index in [1.807, 2.05) is 0 Å². The number of nitrogens with zero attached hydrogens (tertiary/aromatic N) is 1. The minimum Gasteiger partial charge on any atom is -0.468 e. The standard InChI is InChI=1S/C5H5F3N2O3/c1-13-3-9-2(11)4(12,10-3)5(6,7)8/h12H,1H3,(H,9,10,11). The summed E-state index contributed by atoms with van der Waals surface area (Å²) in [6, 6.07) is -0.662. The van der Waals surface area contributed by atoms with Crippen molar-refractivity contribution >= 4 is 11.9 Å². The van der Waals surface area contributed by atoms with E-state index in [9.17, 15) is 18.0 Å². The third-order valence-electron chi connectivity index (χ3n) is 1.39. The minimum absolute atomic E-state index is 0.662. The fourth-order valence-corrected chi connectivity index (χ4v) is 0.699. The molecule has 0 saturated carbocycles. The van der Waals surface area contributed by atoms with Crippen molar-refractivity contribution in [2.45, 2.75) is 11.9 Å². The Morgan fingerprint density at radius 3 is 2.38 bits per heavy atom. The van der Waals surface area contributed by atoms with Gasteiger partial charge >= 0.3 is 11.9 Å². The molecule has 0 fully saturated rings. The van der Waals surface area contributed by atoms with Crippen molar-refractivity contribution in [3.05, 3.63) is 0 Å². The lowest BCUT2D eigenvalue weighted by atomic mass is 10.2. The molecule has 13 heavy (non-hydrogen) atoms. The van der Waals surface area contributed by atoms with Crippen LogP contribution in [0.2, 0.25) is 0 Å². The number of carbonyl (C=O) groups is 1. The van der Waals surface area contributed by atoms with Gasteiger partial charge in [0.05, 0.1) is 7.11 Å². The van der Waals surface area contributed by atoms with E-state index >= 15 is 0 Å². The van der Waals surface area contributed by atoms with Gasteiger partial charge in [0, 0.05) is 0 Å². The van der Waals surface area contributed by atoms with Crippen LogP contribution in [-0.2, 0) is 9.53 Å². The highest BCUT2D eigenvalue weighted by atomic mass is 19.4. The van der Waals surface area contributed by atoms with E-state index in [2.05, 4.69) is 9.73 Å². The van der Waals surface area contributed by atoms with Crippen LogP contribution in [0.1, 0.15) is 0 Å². The quantitative estimate of drug-likeness (QED) is 0.544. The number of rotatable bonds is 0. The Labute approximate surface area is 70.2 Å². The summed E-state index contributed by atoms with van der Waals surface area (Å²) < 4.78 is 40.3. The molecular weight excluding hydrogens is 193 g/mol. The minimum atomic E-state index is -5.16. The van der Waals surface area contributed by atoms with Crippen LogP contribution in [0.4, 0.5) is 13.2 Å². The molecule has 5 nitrogen and oxygen atoms in total. The molecule has 2 N–H and O–H groups in total. The number of nitrogens with one attached hydrogen (secondary N) is 1. The van der Waals surface area contributed by atoms with E-state index in [1.54, 1.807) is 5.32 Å². The van der Waals surface area contributed by atoms with Gasteiger partial charge in [0.15, 0.2) is 0 Å². The van der Waals surface area contributed by atoms with Gasteiger partial charge in [0.2, 0.25) is 0 Å². The number of aliphatic hydroxyl groups is 1. The Balaban J connectivity index is 3.04. The molecule has 0 spiro atoms. The number of alkyl halides is 3. The summed E-state index contributed by atoms with van der Waals surface area (Å²) in [5, 5.41) is 10.4. The Kier molecular flexibility index (Phi) is 1.95. The van der Waals surface area contributed by atoms with Crippen LogP contribution >= 0.6 is 0 Å². The van der Waals surface area contributed by atoms with Crippen LogP contribution < -0.4 is 5.32 Å². The summed E-state index contributed by atoms with van der Waals surface area (Å²) in [6.45, 7) is 0. The van der Waals surface area contributed by atoms with E-state index in [0.717, 1.165) is 7.11 Å². The molecule has 1 rings (SSSR count). The monoisotopic (exact) mass is 198 g/mol. The van der Waals surface area contributed by atoms with Crippen LogP contribution in [0.25, 0.3) is 0 Å². The van der Waals surface area contributed by atoms with Crippen LogP contribution in [0, 0.1) is 0 Å². The Morgan fingerprint density at radius 2 is 2.15 bits per heavy atom. The van der Waals surface area contributed by atoms with Crippen molar-refractivity contribution in [2.75, 3.05) is 7.11 Å². The first-order valence-corrected chi connectivity index (χ1v) is 3.05. The van der Waals surface area contributed by atoms with Crippen LogP contribution in [0.15, 0.2) is 4.99 Å². The van der Waals surface area contributed by atoms with Gasteiger partial charge in [-0.25, -0.2) is 0 Å². The van der Waals surface area contributed by atoms with E-state index in [0.29, 0.717) is 0 Å². The Morgan fingerprint density at radius 1 is 1.62 bits per heavy atom. The molecule has 0 saturated heterocycles. The number of hydrogen-bond acceptors (Lipinski definition) is 4. The summed E-state index contributed by atoms with van der Waals surface area (Å²) in [5.41, 5.74) is -3.72. The average molecular weight is 198 g/mol. The van der Waals surface area contributed by atoms with Gasteiger partial charge in [-0.3, -0.25) is 10.1 Å². The first-order chi connectivity index (χ1) is 5.81. The molecule has 0 aromatic carbocycles. The second-order valence-electron chi connectivity index (χ2n) is 2.25.